The first-order valence-corrected chi connectivity index (χ1v) is 34.9. The number of carbonyl (C=O) groups excluding carboxylic acids is 1. The lowest BCUT2D eigenvalue weighted by molar-refractivity contribution is -0.379. The summed E-state index contributed by atoms with van der Waals surface area (Å²) < 4.78 is 34.4. The molecule has 0 aromatic carbocycles. The van der Waals surface area contributed by atoms with Crippen molar-refractivity contribution in [1.29, 1.82) is 0 Å². The van der Waals surface area contributed by atoms with Crippen molar-refractivity contribution >= 4 is 5.91 Å². The van der Waals surface area contributed by atoms with E-state index in [1.807, 2.05) is 6.08 Å². The van der Waals surface area contributed by atoms with Crippen molar-refractivity contribution in [1.82, 2.24) is 5.32 Å². The van der Waals surface area contributed by atoms with Crippen molar-refractivity contribution in [2.75, 3.05) is 26.4 Å². The van der Waals surface area contributed by atoms with E-state index in [2.05, 4.69) is 19.2 Å². The molecule has 3 aliphatic heterocycles. The number of hydrogen-bond acceptors (Lipinski definition) is 18. The van der Waals surface area contributed by atoms with Gasteiger partial charge in [-0.3, -0.25) is 4.79 Å². The number of amides is 1. The molecule has 17 atom stereocenters. The van der Waals surface area contributed by atoms with Crippen LogP contribution in [0.3, 0.4) is 0 Å². The van der Waals surface area contributed by atoms with Crippen molar-refractivity contribution in [2.45, 2.75) is 381 Å². The molecule has 12 N–H and O–H groups in total. The van der Waals surface area contributed by atoms with Gasteiger partial charge in [-0.2, -0.15) is 0 Å². The first-order valence-electron chi connectivity index (χ1n) is 34.9. The number of ether oxygens (including phenoxy) is 6. The van der Waals surface area contributed by atoms with Gasteiger partial charge in [-0.05, 0) is 19.3 Å². The number of rotatable bonds is 54. The van der Waals surface area contributed by atoms with Gasteiger partial charge in [0.2, 0.25) is 5.91 Å². The maximum Gasteiger partial charge on any atom is 0.220 e. The van der Waals surface area contributed by atoms with Gasteiger partial charge in [0.05, 0.1) is 38.6 Å². The van der Waals surface area contributed by atoms with E-state index >= 15 is 0 Å². The fraction of sp³-hybridized carbons (Fsp3) is 0.955. The summed E-state index contributed by atoms with van der Waals surface area (Å²) in [7, 11) is 0. The second-order valence-electron chi connectivity index (χ2n) is 25.4. The van der Waals surface area contributed by atoms with Crippen LogP contribution in [0.5, 0.6) is 0 Å². The zero-order valence-electron chi connectivity index (χ0n) is 53.6. The molecule has 17 unspecified atom stereocenters. The minimum atomic E-state index is -1.98. The van der Waals surface area contributed by atoms with E-state index in [0.29, 0.717) is 6.42 Å². The van der Waals surface area contributed by atoms with Gasteiger partial charge in [0.25, 0.3) is 0 Å². The number of hydrogen-bond donors (Lipinski definition) is 12. The maximum absolute atomic E-state index is 13.4. The van der Waals surface area contributed by atoms with Crippen LogP contribution < -0.4 is 5.32 Å². The monoisotopic (exact) mass is 1230 g/mol. The second-order valence-corrected chi connectivity index (χ2v) is 25.4. The number of unbranched alkanes of at least 4 members (excludes halogenated alkanes) is 38. The average Bonchev–Trinajstić information content (AvgIpc) is 2.23. The molecule has 3 saturated heterocycles. The van der Waals surface area contributed by atoms with E-state index in [1.54, 1.807) is 6.08 Å². The van der Waals surface area contributed by atoms with Crippen molar-refractivity contribution in [2.24, 2.45) is 0 Å². The summed E-state index contributed by atoms with van der Waals surface area (Å²) in [6.45, 7) is 1.77. The van der Waals surface area contributed by atoms with Crippen LogP contribution >= 0.6 is 0 Å². The van der Waals surface area contributed by atoms with Gasteiger partial charge in [-0.1, -0.05) is 264 Å². The Bertz CT molecular complexity index is 1620. The Kier molecular flexibility index (Phi) is 45.9. The van der Waals surface area contributed by atoms with Crippen LogP contribution in [0.15, 0.2) is 12.2 Å². The number of nitrogens with one attached hydrogen (secondary N) is 1. The Labute approximate surface area is 518 Å². The number of aliphatic hydroxyl groups excluding tert-OH is 11. The van der Waals surface area contributed by atoms with Gasteiger partial charge in [-0.25, -0.2) is 0 Å². The SMILES string of the molecule is CCCCCCCCCCCCCCCCCC/C=C/C(O)C(COC1OC(CO)C(OC2OC(CO)C(OC3OC(CO)C(O)C(O)C3O)C(O)C2O)C(O)C1O)NC(=O)CCCCCCCCCCCCCCCCCCCCCCCCC. The summed E-state index contributed by atoms with van der Waals surface area (Å²) in [6, 6.07) is -0.968. The van der Waals surface area contributed by atoms with Crippen LogP contribution in [0, 0.1) is 0 Å². The van der Waals surface area contributed by atoms with Gasteiger partial charge >= 0.3 is 0 Å². The number of allylic oxidation sites excluding steroid dienone is 1. The molecule has 508 valence electrons. The second kappa shape index (κ2) is 50.1. The molecule has 0 aromatic rings. The highest BCUT2D eigenvalue weighted by Crippen LogP contribution is 2.33. The quantitative estimate of drug-likeness (QED) is 0.0200. The molecular formula is C67H127NO18. The van der Waals surface area contributed by atoms with E-state index in [4.69, 9.17) is 28.4 Å². The molecule has 0 aromatic heterocycles. The van der Waals surface area contributed by atoms with E-state index in [-0.39, 0.29) is 18.9 Å². The van der Waals surface area contributed by atoms with Crippen LogP contribution in [0.4, 0.5) is 0 Å². The predicted molar refractivity (Wildman–Crippen MR) is 333 cm³/mol. The lowest BCUT2D eigenvalue weighted by Gasteiger charge is -2.48. The molecule has 0 saturated carbocycles. The Hall–Kier alpha value is -1.47. The fourth-order valence-corrected chi connectivity index (χ4v) is 12.1. The van der Waals surface area contributed by atoms with Crippen molar-refractivity contribution < 1.29 is 89.4 Å². The van der Waals surface area contributed by atoms with E-state index in [9.17, 15) is 61.0 Å². The summed E-state index contributed by atoms with van der Waals surface area (Å²) in [4.78, 5) is 13.4. The Morgan fingerprint density at radius 3 is 1.09 bits per heavy atom. The van der Waals surface area contributed by atoms with Crippen LogP contribution in [0.1, 0.15) is 277 Å². The zero-order chi connectivity index (χ0) is 62.6. The molecule has 3 fully saturated rings. The molecule has 3 aliphatic rings. The molecule has 19 heteroatoms. The van der Waals surface area contributed by atoms with E-state index in [1.165, 1.54) is 205 Å². The van der Waals surface area contributed by atoms with E-state index in [0.717, 1.165) is 44.9 Å². The van der Waals surface area contributed by atoms with Gasteiger partial charge in [0, 0.05) is 6.42 Å². The van der Waals surface area contributed by atoms with Crippen LogP contribution in [-0.2, 0) is 33.2 Å². The van der Waals surface area contributed by atoms with Crippen LogP contribution in [-0.4, -0.2) is 193 Å². The summed E-state index contributed by atoms with van der Waals surface area (Å²) >= 11 is 0. The topological polar surface area (TPSA) is 307 Å². The minimum absolute atomic E-state index is 0.250. The number of aliphatic hydroxyl groups is 11. The number of carbonyl (C=O) groups is 1. The normalized spacial score (nSPS) is 28.8. The molecule has 0 spiro atoms. The Morgan fingerprint density at radius 1 is 0.407 bits per heavy atom. The first kappa shape index (κ1) is 78.8. The van der Waals surface area contributed by atoms with Gasteiger partial charge < -0.3 is 89.9 Å². The third-order valence-corrected chi connectivity index (χ3v) is 17.8. The summed E-state index contributed by atoms with van der Waals surface area (Å²) in [5.41, 5.74) is 0. The zero-order valence-corrected chi connectivity index (χ0v) is 53.6. The molecule has 3 rings (SSSR count). The molecule has 19 nitrogen and oxygen atoms in total. The third kappa shape index (κ3) is 32.2. The average molecular weight is 1230 g/mol. The summed E-state index contributed by atoms with van der Waals surface area (Å²) in [5.74, 6) is -0.269. The van der Waals surface area contributed by atoms with Crippen LogP contribution in [0.2, 0.25) is 0 Å². The van der Waals surface area contributed by atoms with Gasteiger partial charge in [-0.15, -0.1) is 0 Å². The maximum atomic E-state index is 13.4. The molecule has 0 aliphatic carbocycles. The molecule has 1 amide bonds. The molecule has 0 bridgehead atoms. The fourth-order valence-electron chi connectivity index (χ4n) is 12.1. The molecule has 3 heterocycles. The van der Waals surface area contributed by atoms with Crippen molar-refractivity contribution in [3.05, 3.63) is 12.2 Å². The lowest BCUT2D eigenvalue weighted by Crippen LogP contribution is -2.66. The van der Waals surface area contributed by atoms with E-state index < -0.39 is 124 Å². The molecule has 0 radical (unpaired) electrons. The summed E-state index contributed by atoms with van der Waals surface area (Å²) in [6.07, 6.45) is 27.6. The minimum Gasteiger partial charge on any atom is -0.394 e. The highest BCUT2D eigenvalue weighted by Gasteiger charge is 2.53. The predicted octanol–water partition coefficient (Wildman–Crippen LogP) is 8.89. The third-order valence-electron chi connectivity index (χ3n) is 17.8. The first-order chi connectivity index (χ1) is 41.8. The van der Waals surface area contributed by atoms with Crippen molar-refractivity contribution in [3.63, 3.8) is 0 Å². The smallest absolute Gasteiger partial charge is 0.220 e. The van der Waals surface area contributed by atoms with Crippen LogP contribution in [0.25, 0.3) is 0 Å². The highest BCUT2D eigenvalue weighted by molar-refractivity contribution is 5.76. The largest absolute Gasteiger partial charge is 0.394 e. The highest BCUT2D eigenvalue weighted by atomic mass is 16.8. The summed E-state index contributed by atoms with van der Waals surface area (Å²) in [5, 5.41) is 120. The Morgan fingerprint density at radius 2 is 0.721 bits per heavy atom. The molecule has 86 heavy (non-hydrogen) atoms. The molecular weight excluding hydrogens is 1110 g/mol. The van der Waals surface area contributed by atoms with Gasteiger partial charge in [0.15, 0.2) is 18.9 Å². The lowest BCUT2D eigenvalue weighted by atomic mass is 9.96. The van der Waals surface area contributed by atoms with Gasteiger partial charge in [0.1, 0.15) is 73.2 Å². The standard InChI is InChI=1S/C67H127NO18/c1-3-5-7-9-11-13-15-17-19-21-23-24-25-26-27-29-31-33-35-37-39-41-43-45-55(73)68-50(51(72)44-42-40-38-36-34-32-30-28-22-20-18-16-14-12-10-8-6-4-2)49-81-65-61(79)58(76)63(53(47-70)83-65)86-67-62(80)59(77)64(54(48-71)84-67)85-66-60(78)57(75)56(74)52(46-69)82-66/h42,44,50-54,56-67,69-72,74-80H,3-41,43,45-49H2,1-2H3,(H,68,73)/b44-42+. The Balaban J connectivity index is 1.44. The van der Waals surface area contributed by atoms with Crippen molar-refractivity contribution in [3.8, 4) is 0 Å².